The van der Waals surface area contributed by atoms with Gasteiger partial charge in [0.1, 0.15) is 11.6 Å². The number of benzene rings is 2. The summed E-state index contributed by atoms with van der Waals surface area (Å²) < 4.78 is 19.2. The Morgan fingerprint density at radius 1 is 1.19 bits per heavy atom. The van der Waals surface area contributed by atoms with E-state index in [1.54, 1.807) is 19.4 Å². The second-order valence-electron chi connectivity index (χ2n) is 10.1. The van der Waals surface area contributed by atoms with Crippen molar-refractivity contribution in [2.75, 3.05) is 26.7 Å². The lowest BCUT2D eigenvalue weighted by molar-refractivity contribution is -0.139. The van der Waals surface area contributed by atoms with E-state index in [1.807, 2.05) is 36.4 Å². The number of aliphatic carboxylic acids is 1. The van der Waals surface area contributed by atoms with Crippen molar-refractivity contribution in [2.45, 2.75) is 51.0 Å². The van der Waals surface area contributed by atoms with E-state index >= 15 is 0 Å². The van der Waals surface area contributed by atoms with Crippen LogP contribution in [-0.4, -0.2) is 52.8 Å². The summed E-state index contributed by atoms with van der Waals surface area (Å²) in [6.45, 7) is 2.57. The molecule has 2 aromatic carbocycles. The highest BCUT2D eigenvalue weighted by Gasteiger charge is 2.31. The number of likely N-dealkylation sites (tertiary alicyclic amines) is 1. The summed E-state index contributed by atoms with van der Waals surface area (Å²) >= 11 is 0. The number of ether oxygens (including phenoxy) is 1. The van der Waals surface area contributed by atoms with Crippen LogP contribution < -0.4 is 4.74 Å². The van der Waals surface area contributed by atoms with E-state index in [4.69, 9.17) is 4.74 Å². The first-order chi connectivity index (χ1) is 17.9. The number of aliphatic hydroxyl groups excluding tert-OH is 1. The molecule has 7 heteroatoms. The number of carboxylic acids is 1. The number of piperidine rings is 1. The Bertz CT molecular complexity index is 1190. The molecule has 0 spiro atoms. The van der Waals surface area contributed by atoms with Crippen LogP contribution in [0.4, 0.5) is 4.39 Å². The SMILES string of the molecule is COc1ccc2nccc([C@H](O)CC[C@@H]3CCN(CCCCc4ccccc4F)C[C@@H]3CC(=O)O)c2c1. The Morgan fingerprint density at radius 3 is 2.81 bits per heavy atom. The lowest BCUT2D eigenvalue weighted by atomic mass is 9.79. The van der Waals surface area contributed by atoms with Gasteiger partial charge >= 0.3 is 5.97 Å². The molecule has 198 valence electrons. The normalized spacial score (nSPS) is 19.1. The number of nitrogens with zero attached hydrogens (tertiary/aromatic N) is 2. The van der Waals surface area contributed by atoms with Crippen molar-refractivity contribution in [3.63, 3.8) is 0 Å². The molecular formula is C30H37FN2O4. The van der Waals surface area contributed by atoms with Crippen LogP contribution >= 0.6 is 0 Å². The maximum absolute atomic E-state index is 13.8. The van der Waals surface area contributed by atoms with Crippen LogP contribution in [0.25, 0.3) is 10.9 Å². The Kier molecular flexibility index (Phi) is 9.47. The number of carboxylic acid groups (broad SMARTS) is 1. The standard InChI is InChI=1S/C30H37FN2O4/c1-37-24-10-11-28-26(19-24)25(13-15-32-28)29(34)12-9-21-14-17-33(20-23(21)18-30(35)36)16-5-4-7-22-6-2-3-8-27(22)31/h2-3,6,8,10-11,13,15,19,21,23,29,34H,4-5,7,9,12,14,16-18,20H2,1H3,(H,35,36)/t21-,23+,29-/m1/s1. The lowest BCUT2D eigenvalue weighted by Crippen LogP contribution is -2.41. The average molecular weight is 509 g/mol. The Balaban J connectivity index is 1.31. The molecule has 1 aliphatic rings. The van der Waals surface area contributed by atoms with Crippen LogP contribution in [0.2, 0.25) is 0 Å². The lowest BCUT2D eigenvalue weighted by Gasteiger charge is -2.38. The van der Waals surface area contributed by atoms with E-state index in [9.17, 15) is 19.4 Å². The largest absolute Gasteiger partial charge is 0.497 e. The van der Waals surface area contributed by atoms with Crippen LogP contribution in [0.15, 0.2) is 54.7 Å². The summed E-state index contributed by atoms with van der Waals surface area (Å²) in [5.41, 5.74) is 2.39. The van der Waals surface area contributed by atoms with Gasteiger partial charge < -0.3 is 19.8 Å². The first-order valence-electron chi connectivity index (χ1n) is 13.2. The maximum atomic E-state index is 13.8. The van der Waals surface area contributed by atoms with Crippen molar-refractivity contribution in [1.29, 1.82) is 0 Å². The number of rotatable bonds is 12. The van der Waals surface area contributed by atoms with Crippen LogP contribution in [0.1, 0.15) is 55.8 Å². The molecule has 0 aliphatic carbocycles. The predicted molar refractivity (Wildman–Crippen MR) is 142 cm³/mol. The van der Waals surface area contributed by atoms with Gasteiger partial charge in [0.05, 0.1) is 18.7 Å². The number of aromatic nitrogens is 1. The minimum atomic E-state index is -0.774. The minimum absolute atomic E-state index is 0.0549. The first-order valence-corrected chi connectivity index (χ1v) is 13.2. The quantitative estimate of drug-likeness (QED) is 0.309. The third kappa shape index (κ3) is 7.27. The van der Waals surface area contributed by atoms with E-state index in [1.165, 1.54) is 6.07 Å². The zero-order chi connectivity index (χ0) is 26.2. The van der Waals surface area contributed by atoms with Gasteiger partial charge in [-0.3, -0.25) is 9.78 Å². The topological polar surface area (TPSA) is 82.9 Å². The van der Waals surface area contributed by atoms with Crippen LogP contribution in [0.5, 0.6) is 5.75 Å². The molecule has 0 bridgehead atoms. The Morgan fingerprint density at radius 2 is 2.03 bits per heavy atom. The monoisotopic (exact) mass is 508 g/mol. The molecule has 1 fully saturated rings. The number of fused-ring (bicyclic) bond motifs is 1. The van der Waals surface area contributed by atoms with Gasteiger partial charge in [0.2, 0.25) is 0 Å². The molecule has 0 radical (unpaired) electrons. The van der Waals surface area contributed by atoms with Crippen molar-refractivity contribution in [3.8, 4) is 5.75 Å². The van der Waals surface area contributed by atoms with Crippen molar-refractivity contribution < 1.29 is 24.1 Å². The zero-order valence-corrected chi connectivity index (χ0v) is 21.5. The molecule has 0 saturated carbocycles. The number of pyridine rings is 1. The molecule has 0 unspecified atom stereocenters. The van der Waals surface area contributed by atoms with Gasteiger partial charge in [-0.2, -0.15) is 0 Å². The molecule has 37 heavy (non-hydrogen) atoms. The number of hydrogen-bond donors (Lipinski definition) is 2. The fraction of sp³-hybridized carbons (Fsp3) is 0.467. The second kappa shape index (κ2) is 13.0. The van der Waals surface area contributed by atoms with Crippen molar-refractivity contribution in [2.24, 2.45) is 11.8 Å². The molecule has 3 aromatic rings. The van der Waals surface area contributed by atoms with E-state index in [-0.39, 0.29) is 24.1 Å². The Hall–Kier alpha value is -3.03. The molecule has 1 saturated heterocycles. The third-order valence-electron chi connectivity index (χ3n) is 7.69. The van der Waals surface area contributed by atoms with Crippen molar-refractivity contribution in [1.82, 2.24) is 9.88 Å². The van der Waals surface area contributed by atoms with Gasteiger partial charge in [0.25, 0.3) is 0 Å². The fourth-order valence-electron chi connectivity index (χ4n) is 5.64. The molecule has 6 nitrogen and oxygen atoms in total. The highest BCUT2D eigenvalue weighted by atomic mass is 19.1. The number of hydrogen-bond acceptors (Lipinski definition) is 5. The predicted octanol–water partition coefficient (Wildman–Crippen LogP) is 5.63. The third-order valence-corrected chi connectivity index (χ3v) is 7.69. The Labute approximate surface area is 218 Å². The van der Waals surface area contributed by atoms with Gasteiger partial charge in [0, 0.05) is 24.5 Å². The van der Waals surface area contributed by atoms with Gasteiger partial charge in [-0.15, -0.1) is 0 Å². The van der Waals surface area contributed by atoms with Crippen LogP contribution in [0, 0.1) is 17.7 Å². The summed E-state index contributed by atoms with van der Waals surface area (Å²) in [4.78, 5) is 18.4. The number of aryl methyl sites for hydroxylation is 1. The number of unbranched alkanes of at least 4 members (excludes halogenated alkanes) is 1. The van der Waals surface area contributed by atoms with Crippen molar-refractivity contribution >= 4 is 16.9 Å². The molecule has 0 amide bonds. The molecule has 2 N–H and O–H groups in total. The van der Waals surface area contributed by atoms with E-state index in [2.05, 4.69) is 9.88 Å². The summed E-state index contributed by atoms with van der Waals surface area (Å²) in [6, 6.07) is 14.4. The highest BCUT2D eigenvalue weighted by Crippen LogP contribution is 2.35. The maximum Gasteiger partial charge on any atom is 0.303 e. The van der Waals surface area contributed by atoms with Crippen LogP contribution in [-0.2, 0) is 11.2 Å². The summed E-state index contributed by atoms with van der Waals surface area (Å²) in [7, 11) is 1.62. The zero-order valence-electron chi connectivity index (χ0n) is 21.5. The minimum Gasteiger partial charge on any atom is -0.497 e. The smallest absolute Gasteiger partial charge is 0.303 e. The number of methoxy groups -OCH3 is 1. The highest BCUT2D eigenvalue weighted by molar-refractivity contribution is 5.83. The average Bonchev–Trinajstić information content (AvgIpc) is 2.90. The van der Waals surface area contributed by atoms with Gasteiger partial charge in [-0.25, -0.2) is 4.39 Å². The van der Waals surface area contributed by atoms with Crippen LogP contribution in [0.3, 0.4) is 0 Å². The molecule has 1 aromatic heterocycles. The molecule has 2 heterocycles. The number of aliphatic hydroxyl groups is 1. The number of halogens is 1. The summed E-state index contributed by atoms with van der Waals surface area (Å²) in [6.07, 6.45) is 6.04. The molecular weight excluding hydrogens is 471 g/mol. The molecule has 3 atom stereocenters. The molecule has 1 aliphatic heterocycles. The molecule has 4 rings (SSSR count). The van der Waals surface area contributed by atoms with E-state index in [0.29, 0.717) is 6.42 Å². The van der Waals surface area contributed by atoms with Gasteiger partial charge in [-0.1, -0.05) is 18.2 Å². The van der Waals surface area contributed by atoms with E-state index < -0.39 is 12.1 Å². The number of carbonyl (C=O) groups is 1. The van der Waals surface area contributed by atoms with Gasteiger partial charge in [-0.05, 0) is 105 Å². The fourth-order valence-corrected chi connectivity index (χ4v) is 5.64. The summed E-state index contributed by atoms with van der Waals surface area (Å²) in [5.74, 6) is 0.106. The van der Waals surface area contributed by atoms with Gasteiger partial charge in [0.15, 0.2) is 0 Å². The second-order valence-corrected chi connectivity index (χ2v) is 10.1. The summed E-state index contributed by atoms with van der Waals surface area (Å²) in [5, 5.41) is 21.5. The first kappa shape index (κ1) is 27.0. The van der Waals surface area contributed by atoms with Crippen molar-refractivity contribution in [3.05, 3.63) is 71.7 Å². The van der Waals surface area contributed by atoms with E-state index in [0.717, 1.165) is 79.5 Å².